The second kappa shape index (κ2) is 7.98. The van der Waals surface area contributed by atoms with Crippen molar-refractivity contribution in [3.05, 3.63) is 59.9 Å². The van der Waals surface area contributed by atoms with Crippen molar-refractivity contribution in [1.29, 1.82) is 0 Å². The van der Waals surface area contributed by atoms with Crippen LogP contribution < -0.4 is 9.47 Å². The molecule has 138 valence electrons. The van der Waals surface area contributed by atoms with E-state index in [9.17, 15) is 0 Å². The van der Waals surface area contributed by atoms with Crippen LogP contribution >= 0.6 is 23.1 Å². The number of fused-ring (bicyclic) bond motifs is 1. The fourth-order valence-corrected chi connectivity index (χ4v) is 4.37. The molecule has 6 nitrogen and oxygen atoms in total. The lowest BCUT2D eigenvalue weighted by molar-refractivity contribution is 0.394. The number of benzene rings is 2. The molecule has 0 atom stereocenters. The Labute approximate surface area is 165 Å². The molecule has 2 aromatic carbocycles. The molecular formula is C19H18N4O2S2. The Morgan fingerprint density at radius 3 is 2.41 bits per heavy atom. The van der Waals surface area contributed by atoms with Gasteiger partial charge in [0.15, 0.2) is 5.82 Å². The van der Waals surface area contributed by atoms with Gasteiger partial charge >= 0.3 is 0 Å². The van der Waals surface area contributed by atoms with Crippen LogP contribution in [-0.2, 0) is 11.5 Å². The monoisotopic (exact) mass is 398 g/mol. The zero-order chi connectivity index (χ0) is 18.6. The van der Waals surface area contributed by atoms with E-state index >= 15 is 0 Å². The molecule has 4 rings (SSSR count). The molecule has 0 saturated heterocycles. The molecule has 0 aliphatic rings. The number of aromatic nitrogens is 4. The summed E-state index contributed by atoms with van der Waals surface area (Å²) < 4.78 is 12.5. The number of ether oxygens (including phenoxy) is 2. The van der Waals surface area contributed by atoms with E-state index in [4.69, 9.17) is 14.6 Å². The molecule has 2 heterocycles. The largest absolute Gasteiger partial charge is 0.497 e. The average Bonchev–Trinajstić information content (AvgIpc) is 3.30. The van der Waals surface area contributed by atoms with Crippen LogP contribution in [-0.4, -0.2) is 34.0 Å². The Morgan fingerprint density at radius 1 is 0.963 bits per heavy atom. The van der Waals surface area contributed by atoms with Crippen LogP contribution in [0.2, 0.25) is 0 Å². The van der Waals surface area contributed by atoms with Crippen LogP contribution in [0.5, 0.6) is 11.5 Å². The number of methoxy groups -OCH3 is 2. The first-order valence-electron chi connectivity index (χ1n) is 8.33. The predicted molar refractivity (Wildman–Crippen MR) is 109 cm³/mol. The van der Waals surface area contributed by atoms with Crippen LogP contribution in [0.3, 0.4) is 0 Å². The van der Waals surface area contributed by atoms with Crippen LogP contribution in [0.15, 0.2) is 48.5 Å². The van der Waals surface area contributed by atoms with Gasteiger partial charge < -0.3 is 9.47 Å². The highest BCUT2D eigenvalue weighted by Crippen LogP contribution is 2.32. The average molecular weight is 399 g/mol. The number of thioether (sulfide) groups is 1. The maximum absolute atomic E-state index is 5.35. The molecule has 0 saturated carbocycles. The number of hydrogen-bond acceptors (Lipinski definition) is 7. The molecule has 4 aromatic rings. The number of rotatable bonds is 7. The minimum Gasteiger partial charge on any atom is -0.497 e. The zero-order valence-corrected chi connectivity index (χ0v) is 16.6. The maximum atomic E-state index is 5.35. The molecule has 0 radical (unpaired) electrons. The summed E-state index contributed by atoms with van der Waals surface area (Å²) in [4.78, 5) is 0.780. The van der Waals surface area contributed by atoms with E-state index in [-0.39, 0.29) is 0 Å². The van der Waals surface area contributed by atoms with Gasteiger partial charge in [-0.2, -0.15) is 9.61 Å². The zero-order valence-electron chi connectivity index (χ0n) is 15.0. The normalized spacial score (nSPS) is 11.0. The first-order valence-corrected chi connectivity index (χ1v) is 10.3. The molecule has 0 aliphatic carbocycles. The molecule has 0 aliphatic heterocycles. The summed E-state index contributed by atoms with van der Waals surface area (Å²) >= 11 is 3.29. The van der Waals surface area contributed by atoms with Crippen molar-refractivity contribution in [2.75, 3.05) is 14.2 Å². The second-order valence-electron chi connectivity index (χ2n) is 5.80. The molecule has 2 aromatic heterocycles. The second-order valence-corrected chi connectivity index (χ2v) is 7.74. The fraction of sp³-hybridized carbons (Fsp3) is 0.211. The summed E-state index contributed by atoms with van der Waals surface area (Å²) in [6.07, 6.45) is 0. The lowest BCUT2D eigenvalue weighted by atomic mass is 10.2. The third-order valence-corrected chi connectivity index (χ3v) is 5.94. The van der Waals surface area contributed by atoms with Crippen LogP contribution in [0.4, 0.5) is 0 Å². The van der Waals surface area contributed by atoms with Crippen molar-refractivity contribution in [2.45, 2.75) is 11.5 Å². The van der Waals surface area contributed by atoms with Gasteiger partial charge in [0, 0.05) is 17.4 Å². The number of hydrogen-bond donors (Lipinski definition) is 0. The highest BCUT2D eigenvalue weighted by molar-refractivity contribution is 7.97. The first-order chi connectivity index (χ1) is 13.3. The van der Waals surface area contributed by atoms with Gasteiger partial charge in [-0.15, -0.1) is 22.0 Å². The Kier molecular flexibility index (Phi) is 5.26. The molecule has 0 spiro atoms. The van der Waals surface area contributed by atoms with Crippen LogP contribution in [0.25, 0.3) is 15.5 Å². The molecular weight excluding hydrogens is 380 g/mol. The van der Waals surface area contributed by atoms with Crippen molar-refractivity contribution in [2.24, 2.45) is 0 Å². The van der Waals surface area contributed by atoms with Crippen molar-refractivity contribution in [3.63, 3.8) is 0 Å². The van der Waals surface area contributed by atoms with Gasteiger partial charge in [0.2, 0.25) is 4.96 Å². The summed E-state index contributed by atoms with van der Waals surface area (Å²) in [6.45, 7) is 0. The minimum atomic E-state index is 0.731. The van der Waals surface area contributed by atoms with Gasteiger partial charge in [-0.1, -0.05) is 41.7 Å². The molecule has 8 heteroatoms. The smallest absolute Gasteiger partial charge is 0.235 e. The van der Waals surface area contributed by atoms with Gasteiger partial charge in [0.1, 0.15) is 16.5 Å². The first kappa shape index (κ1) is 17.8. The standard InChI is InChI=1S/C19H18N4O2S2/c1-24-15-8-14(9-16(10-15)25-2)18-22-23-17(20-21-19(23)27-18)12-26-11-13-6-4-3-5-7-13/h3-10H,11-12H2,1-2H3. The van der Waals surface area contributed by atoms with Gasteiger partial charge in [0.25, 0.3) is 0 Å². The van der Waals surface area contributed by atoms with Crippen molar-refractivity contribution in [3.8, 4) is 22.1 Å². The van der Waals surface area contributed by atoms with E-state index in [2.05, 4.69) is 34.5 Å². The number of nitrogens with zero attached hydrogens (tertiary/aromatic N) is 4. The topological polar surface area (TPSA) is 61.5 Å². The Bertz CT molecular complexity index is 1020. The van der Waals surface area contributed by atoms with Gasteiger partial charge in [0.05, 0.1) is 20.0 Å². The molecule has 0 N–H and O–H groups in total. The Balaban J connectivity index is 1.55. The predicted octanol–water partition coefficient (Wildman–Crippen LogP) is 4.30. The molecule has 0 unspecified atom stereocenters. The van der Waals surface area contributed by atoms with Gasteiger partial charge in [-0.05, 0) is 17.7 Å². The lowest BCUT2D eigenvalue weighted by Crippen LogP contribution is -1.95. The molecule has 0 bridgehead atoms. The van der Waals surface area contributed by atoms with E-state index in [1.807, 2.05) is 28.8 Å². The van der Waals surface area contributed by atoms with E-state index in [1.165, 1.54) is 16.9 Å². The summed E-state index contributed by atoms with van der Waals surface area (Å²) in [5.41, 5.74) is 2.23. The van der Waals surface area contributed by atoms with E-state index < -0.39 is 0 Å². The van der Waals surface area contributed by atoms with Crippen molar-refractivity contribution < 1.29 is 9.47 Å². The molecule has 0 amide bonds. The summed E-state index contributed by atoms with van der Waals surface area (Å²) in [6, 6.07) is 16.1. The third-order valence-electron chi connectivity index (χ3n) is 4.00. The highest BCUT2D eigenvalue weighted by atomic mass is 32.2. The SMILES string of the molecule is COc1cc(OC)cc(-c2nn3c(CSCc4ccccc4)nnc3s2)c1. The Hall–Kier alpha value is -2.58. The highest BCUT2D eigenvalue weighted by Gasteiger charge is 2.14. The maximum Gasteiger partial charge on any atom is 0.235 e. The summed E-state index contributed by atoms with van der Waals surface area (Å²) in [5, 5.41) is 14.1. The minimum absolute atomic E-state index is 0.731. The Morgan fingerprint density at radius 2 is 1.70 bits per heavy atom. The molecule has 27 heavy (non-hydrogen) atoms. The fourth-order valence-electron chi connectivity index (χ4n) is 2.63. The molecule has 0 fully saturated rings. The van der Waals surface area contributed by atoms with Gasteiger partial charge in [-0.25, -0.2) is 0 Å². The van der Waals surface area contributed by atoms with Crippen LogP contribution in [0, 0.1) is 0 Å². The van der Waals surface area contributed by atoms with E-state index in [0.717, 1.165) is 44.4 Å². The van der Waals surface area contributed by atoms with Gasteiger partial charge in [-0.3, -0.25) is 0 Å². The summed E-state index contributed by atoms with van der Waals surface area (Å²) in [5.74, 6) is 3.99. The third kappa shape index (κ3) is 3.91. The van der Waals surface area contributed by atoms with E-state index in [1.54, 1.807) is 26.0 Å². The van der Waals surface area contributed by atoms with E-state index in [0.29, 0.717) is 0 Å². The van der Waals surface area contributed by atoms with Crippen LogP contribution in [0.1, 0.15) is 11.4 Å². The van der Waals surface area contributed by atoms with Crippen molar-refractivity contribution in [1.82, 2.24) is 19.8 Å². The summed E-state index contributed by atoms with van der Waals surface area (Å²) in [7, 11) is 3.28. The van der Waals surface area contributed by atoms with Crippen molar-refractivity contribution >= 4 is 28.1 Å². The quantitative estimate of drug-likeness (QED) is 0.462. The lowest BCUT2D eigenvalue weighted by Gasteiger charge is -2.06.